The lowest BCUT2D eigenvalue weighted by Gasteiger charge is -2.34. The number of nitrogens with two attached hydrogens (primary N) is 1. The Morgan fingerprint density at radius 2 is 1.90 bits per heavy atom. The summed E-state index contributed by atoms with van der Waals surface area (Å²) in [6, 6.07) is 21.1. The van der Waals surface area contributed by atoms with E-state index in [0.29, 0.717) is 41.5 Å². The van der Waals surface area contributed by atoms with Crippen molar-refractivity contribution in [3.63, 3.8) is 0 Å². The zero-order chi connectivity index (χ0) is 28.9. The van der Waals surface area contributed by atoms with Crippen LogP contribution in [0.3, 0.4) is 0 Å². The third kappa shape index (κ3) is 6.34. The fourth-order valence-electron chi connectivity index (χ4n) is 4.97. The monoisotopic (exact) mass is 568 g/mol. The molecule has 0 bridgehead atoms. The van der Waals surface area contributed by atoms with Crippen LogP contribution in [-0.2, 0) is 17.8 Å². The van der Waals surface area contributed by atoms with Gasteiger partial charge in [0.15, 0.2) is 0 Å². The van der Waals surface area contributed by atoms with Crippen LogP contribution in [0.4, 0.5) is 5.82 Å². The van der Waals surface area contributed by atoms with Crippen LogP contribution in [0.1, 0.15) is 45.1 Å². The number of hydrogen-bond donors (Lipinski definition) is 2. The minimum atomic E-state index is -0.901. The van der Waals surface area contributed by atoms with Gasteiger partial charge in [-0.2, -0.15) is 5.26 Å². The van der Waals surface area contributed by atoms with Gasteiger partial charge >= 0.3 is 0 Å². The van der Waals surface area contributed by atoms with E-state index in [2.05, 4.69) is 21.3 Å². The van der Waals surface area contributed by atoms with Gasteiger partial charge in [0.25, 0.3) is 5.91 Å². The van der Waals surface area contributed by atoms with Gasteiger partial charge in [-0.25, -0.2) is 4.98 Å². The molecule has 2 atom stereocenters. The van der Waals surface area contributed by atoms with Crippen molar-refractivity contribution in [2.75, 3.05) is 18.6 Å². The van der Waals surface area contributed by atoms with Gasteiger partial charge in [-0.1, -0.05) is 48.0 Å². The lowest BCUT2D eigenvalue weighted by Crippen LogP contribution is -2.46. The molecule has 10 heteroatoms. The number of aromatic nitrogens is 2. The number of imidazole rings is 1. The molecule has 1 aromatic heterocycles. The number of benzene rings is 3. The number of primary amides is 1. The smallest absolute Gasteiger partial charge is 0.255 e. The summed E-state index contributed by atoms with van der Waals surface area (Å²) < 4.78 is 7.99. The number of halogens is 1. The largest absolute Gasteiger partial charge is 0.492 e. The summed E-state index contributed by atoms with van der Waals surface area (Å²) in [5.41, 5.74) is 9.34. The normalized spacial score (nSPS) is 14.7. The molecule has 208 valence electrons. The number of rotatable bonds is 9. The van der Waals surface area contributed by atoms with Crippen molar-refractivity contribution in [2.45, 2.75) is 31.5 Å². The highest BCUT2D eigenvalue weighted by Gasteiger charge is 2.30. The molecule has 0 radical (unpaired) electrons. The Balaban J connectivity index is 1.32. The average molecular weight is 569 g/mol. The molecule has 2 heterocycles. The summed E-state index contributed by atoms with van der Waals surface area (Å²) in [6.45, 7) is 1.04. The van der Waals surface area contributed by atoms with E-state index in [0.717, 1.165) is 22.5 Å². The molecule has 5 rings (SSSR count). The van der Waals surface area contributed by atoms with E-state index in [1.165, 1.54) is 0 Å². The van der Waals surface area contributed by atoms with E-state index >= 15 is 0 Å². The van der Waals surface area contributed by atoms with Crippen molar-refractivity contribution < 1.29 is 14.3 Å². The van der Waals surface area contributed by atoms with Gasteiger partial charge in [0.05, 0.1) is 36.2 Å². The van der Waals surface area contributed by atoms with E-state index < -0.39 is 17.9 Å². The van der Waals surface area contributed by atoms with E-state index in [1.54, 1.807) is 48.8 Å². The predicted molar refractivity (Wildman–Crippen MR) is 156 cm³/mol. The molecule has 3 aromatic carbocycles. The Kier molecular flexibility index (Phi) is 8.22. The first-order valence-corrected chi connectivity index (χ1v) is 13.5. The van der Waals surface area contributed by atoms with Crippen molar-refractivity contribution in [3.8, 4) is 11.8 Å². The number of carbonyl (C=O) groups excluding carboxylic acids is 2. The molecule has 9 nitrogen and oxygen atoms in total. The van der Waals surface area contributed by atoms with Crippen LogP contribution in [-0.4, -0.2) is 41.1 Å². The molecule has 0 aliphatic carbocycles. The van der Waals surface area contributed by atoms with Gasteiger partial charge in [0, 0.05) is 43.2 Å². The molecule has 0 saturated carbocycles. The van der Waals surface area contributed by atoms with Crippen LogP contribution in [0.15, 0.2) is 79.3 Å². The number of para-hydroxylation sites is 1. The maximum absolute atomic E-state index is 13.4. The van der Waals surface area contributed by atoms with Gasteiger partial charge in [0.1, 0.15) is 17.6 Å². The second-order valence-corrected chi connectivity index (χ2v) is 10.4. The molecule has 0 spiro atoms. The second kappa shape index (κ2) is 12.1. The highest BCUT2D eigenvalue weighted by molar-refractivity contribution is 6.30. The third-order valence-corrected chi connectivity index (χ3v) is 7.44. The SMILES string of the molecule is CN(c1cn(Cc2ccc(C#N)cc2)cn1)C1CCOc2c(C(=O)N[C@@H](Cc3ccc(Cl)cc3)C(N)=O)cccc21. The molecular weight excluding hydrogens is 540 g/mol. The summed E-state index contributed by atoms with van der Waals surface area (Å²) in [5, 5.41) is 12.4. The van der Waals surface area contributed by atoms with Gasteiger partial charge in [-0.05, 0) is 41.5 Å². The molecule has 2 amide bonds. The Bertz CT molecular complexity index is 1590. The molecule has 4 aromatic rings. The van der Waals surface area contributed by atoms with Crippen molar-refractivity contribution in [1.82, 2.24) is 14.9 Å². The summed E-state index contributed by atoms with van der Waals surface area (Å²) in [6.07, 6.45) is 4.69. The number of hydrogen-bond acceptors (Lipinski definition) is 6. The zero-order valence-corrected chi connectivity index (χ0v) is 23.2. The maximum atomic E-state index is 13.4. The molecule has 41 heavy (non-hydrogen) atoms. The number of ether oxygens (including phenoxy) is 1. The highest BCUT2D eigenvalue weighted by Crippen LogP contribution is 2.39. The number of nitriles is 1. The number of amides is 2. The molecule has 0 fully saturated rings. The third-order valence-electron chi connectivity index (χ3n) is 7.19. The number of fused-ring (bicyclic) bond motifs is 1. The van der Waals surface area contributed by atoms with Gasteiger partial charge in [0.2, 0.25) is 5.91 Å². The van der Waals surface area contributed by atoms with Crippen LogP contribution in [0.25, 0.3) is 0 Å². The molecule has 1 aliphatic heterocycles. The lowest BCUT2D eigenvalue weighted by atomic mass is 9.96. The minimum absolute atomic E-state index is 0.0780. The highest BCUT2D eigenvalue weighted by atomic mass is 35.5. The van der Waals surface area contributed by atoms with Crippen LogP contribution in [0.5, 0.6) is 5.75 Å². The quantitative estimate of drug-likeness (QED) is 0.311. The standard InChI is InChI=1S/C31H29ClN6O3/c1-37(28-18-38(19-35-28)17-22-7-5-21(16-33)6-8-22)27-13-14-41-29-24(27)3-2-4-25(29)31(40)36-26(30(34)39)15-20-9-11-23(32)12-10-20/h2-12,18-19,26-27H,13-15,17H2,1H3,(H2,34,39)(H,36,40)/t26-,27?/m0/s1. The summed E-state index contributed by atoms with van der Waals surface area (Å²) >= 11 is 5.97. The number of nitrogens with zero attached hydrogens (tertiary/aromatic N) is 4. The van der Waals surface area contributed by atoms with Crippen LogP contribution < -0.4 is 20.7 Å². The second-order valence-electron chi connectivity index (χ2n) is 9.96. The van der Waals surface area contributed by atoms with Crippen molar-refractivity contribution in [2.24, 2.45) is 5.73 Å². The first-order valence-electron chi connectivity index (χ1n) is 13.2. The summed E-state index contributed by atoms with van der Waals surface area (Å²) in [5.74, 6) is 0.200. The van der Waals surface area contributed by atoms with E-state index in [9.17, 15) is 9.59 Å². The van der Waals surface area contributed by atoms with Gasteiger partial charge < -0.3 is 25.3 Å². The zero-order valence-electron chi connectivity index (χ0n) is 22.5. The maximum Gasteiger partial charge on any atom is 0.255 e. The molecule has 0 saturated heterocycles. The Morgan fingerprint density at radius 1 is 1.17 bits per heavy atom. The Hall–Kier alpha value is -4.81. The van der Waals surface area contributed by atoms with Crippen LogP contribution in [0, 0.1) is 11.3 Å². The Morgan fingerprint density at radius 3 is 2.61 bits per heavy atom. The van der Waals surface area contributed by atoms with Crippen LogP contribution >= 0.6 is 11.6 Å². The first kappa shape index (κ1) is 27.7. The van der Waals surface area contributed by atoms with Gasteiger partial charge in [-0.15, -0.1) is 0 Å². The van der Waals surface area contributed by atoms with E-state index in [1.807, 2.05) is 42.1 Å². The van der Waals surface area contributed by atoms with Crippen molar-refractivity contribution in [1.29, 1.82) is 5.26 Å². The summed E-state index contributed by atoms with van der Waals surface area (Å²) in [4.78, 5) is 32.3. The average Bonchev–Trinajstić information content (AvgIpc) is 3.45. The molecule has 1 aliphatic rings. The van der Waals surface area contributed by atoms with Crippen molar-refractivity contribution >= 4 is 29.2 Å². The van der Waals surface area contributed by atoms with E-state index in [-0.39, 0.29) is 12.5 Å². The lowest BCUT2D eigenvalue weighted by molar-refractivity contribution is -0.119. The molecule has 3 N–H and O–H groups in total. The minimum Gasteiger partial charge on any atom is -0.492 e. The Labute approximate surface area is 243 Å². The topological polar surface area (TPSA) is 126 Å². The molecular formula is C31H29ClN6O3. The van der Waals surface area contributed by atoms with E-state index in [4.69, 9.17) is 27.3 Å². The molecule has 1 unspecified atom stereocenters. The number of nitrogens with one attached hydrogen (secondary N) is 1. The number of carbonyl (C=O) groups is 2. The first-order chi connectivity index (χ1) is 19.8. The van der Waals surface area contributed by atoms with Gasteiger partial charge in [-0.3, -0.25) is 9.59 Å². The predicted octanol–water partition coefficient (Wildman–Crippen LogP) is 4.24. The summed E-state index contributed by atoms with van der Waals surface area (Å²) in [7, 11) is 1.97. The number of anilines is 1. The fraction of sp³-hybridized carbons (Fsp3) is 0.226. The van der Waals surface area contributed by atoms with Crippen molar-refractivity contribution in [3.05, 3.63) is 112 Å². The fourth-order valence-corrected chi connectivity index (χ4v) is 5.10. The van der Waals surface area contributed by atoms with Crippen LogP contribution in [0.2, 0.25) is 5.02 Å².